The molecule has 0 heterocycles. The molecule has 8 aromatic rings. The molecule has 0 fully saturated rings. The summed E-state index contributed by atoms with van der Waals surface area (Å²) >= 11 is 8.98. The number of Topliss-reactive ketones (excluding diaryl/α,β-unsaturated/α-hetero) is 3. The Balaban J connectivity index is -0.000000236. The Kier molecular flexibility index (Phi) is 88.4. The summed E-state index contributed by atoms with van der Waals surface area (Å²) in [5.74, 6) is -9.77. The summed E-state index contributed by atoms with van der Waals surface area (Å²) in [6.45, 7) is 34.4. The van der Waals surface area contributed by atoms with Gasteiger partial charge in [-0.05, 0) is 179 Å². The maximum absolute atomic E-state index is 13.3. The van der Waals surface area contributed by atoms with E-state index < -0.39 is 84.3 Å². The van der Waals surface area contributed by atoms with Crippen LogP contribution in [0.15, 0.2) is 206 Å². The number of hydrogen-bond acceptors (Lipinski definition) is 23. The van der Waals surface area contributed by atoms with Crippen molar-refractivity contribution in [1.82, 2.24) is 0 Å². The molecular formula is C105H141BrCl3N3Na2O22S2. The van der Waals surface area contributed by atoms with Crippen molar-refractivity contribution in [2.45, 2.75) is 225 Å². The number of hydrogen-bond donors (Lipinski definition) is 4. The number of ketones is 3. The van der Waals surface area contributed by atoms with Crippen LogP contribution >= 0.6 is 48.9 Å². The first-order chi connectivity index (χ1) is 63.5. The Morgan fingerprint density at radius 2 is 0.761 bits per heavy atom. The van der Waals surface area contributed by atoms with Crippen LogP contribution < -0.4 is 59.1 Å². The fraction of sp³-hybridized carbons (Fsp3) is 0.438. The summed E-state index contributed by atoms with van der Waals surface area (Å²) in [5, 5.41) is 55.6. The summed E-state index contributed by atoms with van der Waals surface area (Å²) < 4.78 is 58.3. The van der Waals surface area contributed by atoms with Crippen molar-refractivity contribution in [2.75, 3.05) is 39.3 Å². The molecule has 0 saturated heterocycles. The van der Waals surface area contributed by atoms with Crippen molar-refractivity contribution < 1.29 is 165 Å². The number of carbonyl (C=O) groups excluding carboxylic acids is 9. The number of carbonyl (C=O) groups is 10. The van der Waals surface area contributed by atoms with Crippen molar-refractivity contribution in [3.05, 3.63) is 257 Å². The fourth-order valence-electron chi connectivity index (χ4n) is 11.9. The number of esters is 5. The van der Waals surface area contributed by atoms with Crippen molar-refractivity contribution in [1.29, 1.82) is 15.8 Å². The summed E-state index contributed by atoms with van der Waals surface area (Å²) in [6.07, 6.45) is 9.09. The average Bonchev–Trinajstić information content (AvgIpc) is 0.763. The number of phenols is 2. The van der Waals surface area contributed by atoms with Gasteiger partial charge in [-0.25, -0.2) is 18.6 Å². The normalized spacial score (nSPS) is 10.8. The quantitative estimate of drug-likeness (QED) is 0.00323. The van der Waals surface area contributed by atoms with Gasteiger partial charge in [0.25, 0.3) is 21.7 Å². The molecule has 750 valence electrons. The number of fused-ring (bicyclic) bond motifs is 1. The number of alkyl halides is 1. The van der Waals surface area contributed by atoms with Gasteiger partial charge in [0.15, 0.2) is 11.7 Å². The number of aryl methyl sites for hydroxylation is 1. The van der Waals surface area contributed by atoms with E-state index in [2.05, 4.69) is 136 Å². The molecule has 0 aliphatic rings. The predicted octanol–water partition coefficient (Wildman–Crippen LogP) is 18.5. The van der Waals surface area contributed by atoms with E-state index in [0.717, 1.165) is 77.9 Å². The van der Waals surface area contributed by atoms with Gasteiger partial charge < -0.3 is 52.3 Å². The number of nitrogens with zero attached hydrogens (tertiary/aromatic N) is 3. The molecule has 0 bridgehead atoms. The van der Waals surface area contributed by atoms with Crippen LogP contribution in [0.5, 0.6) is 11.5 Å². The van der Waals surface area contributed by atoms with Crippen molar-refractivity contribution in [3.63, 3.8) is 0 Å². The molecule has 8 rings (SSSR count). The van der Waals surface area contributed by atoms with Gasteiger partial charge in [0.05, 0.1) is 75.6 Å². The van der Waals surface area contributed by atoms with Gasteiger partial charge in [0.2, 0.25) is 14.5 Å². The molecule has 138 heavy (non-hydrogen) atoms. The number of aliphatic carboxylic acids is 1. The van der Waals surface area contributed by atoms with E-state index in [-0.39, 0.29) is 161 Å². The number of nitriles is 2. The van der Waals surface area contributed by atoms with Crippen LogP contribution in [0.3, 0.4) is 0 Å². The molecule has 0 radical (unpaired) electrons. The van der Waals surface area contributed by atoms with Gasteiger partial charge in [-0.15, -0.1) is 0 Å². The van der Waals surface area contributed by atoms with E-state index >= 15 is 0 Å². The second kappa shape index (κ2) is 85.9. The van der Waals surface area contributed by atoms with E-state index in [1.165, 1.54) is 19.4 Å². The Hall–Kier alpha value is -9.00. The van der Waals surface area contributed by atoms with E-state index in [1.807, 2.05) is 166 Å². The molecule has 4 atom stereocenters. The van der Waals surface area contributed by atoms with E-state index in [4.69, 9.17) is 52.6 Å². The van der Waals surface area contributed by atoms with Crippen LogP contribution in [0, 0.1) is 70.0 Å². The molecule has 0 aliphatic heterocycles. The van der Waals surface area contributed by atoms with Crippen LogP contribution in [0.25, 0.3) is 10.8 Å². The predicted molar refractivity (Wildman–Crippen MR) is 545 cm³/mol. The van der Waals surface area contributed by atoms with Crippen LogP contribution in [-0.2, 0) is 104 Å². The first-order valence-electron chi connectivity index (χ1n) is 43.8. The van der Waals surface area contributed by atoms with Crippen molar-refractivity contribution in [2.24, 2.45) is 35.5 Å². The third kappa shape index (κ3) is 67.4. The minimum atomic E-state index is -3.67. The first kappa shape index (κ1) is 142. The fourth-order valence-corrected chi connectivity index (χ4v) is 12.5. The zero-order valence-electron chi connectivity index (χ0n) is 82.4. The molecule has 0 spiro atoms. The molecule has 0 aliphatic carbocycles. The van der Waals surface area contributed by atoms with Gasteiger partial charge >= 0.3 is 94.9 Å². The summed E-state index contributed by atoms with van der Waals surface area (Å²) in [4.78, 5) is 118. The maximum atomic E-state index is 13.3. The molecular weight excluding hydrogens is 1950 g/mol. The molecule has 4 unspecified atom stereocenters. The number of carboxylic acid groups (broad SMARTS) is 1. The molecule has 25 nitrogen and oxygen atoms in total. The number of aromatic hydroxyl groups is 2. The topological polar surface area (TPSA) is 420 Å². The second-order valence-corrected chi connectivity index (χ2v) is 36.3. The number of ether oxygens (including phenoxy) is 5. The summed E-state index contributed by atoms with van der Waals surface area (Å²) in [5.41, 5.74) is 6.65. The monoisotopic (exact) mass is 2090 g/mol. The minimum absolute atomic E-state index is 0. The van der Waals surface area contributed by atoms with Crippen molar-refractivity contribution in [3.8, 4) is 23.6 Å². The molecule has 0 saturated carbocycles. The Bertz CT molecular complexity index is 4850. The third-order valence-corrected chi connectivity index (χ3v) is 19.4. The molecule has 33 heteroatoms. The standard InChI is InChI=1S/C22H28O7.C18H22O4.C13H17ClO.C13H17N.C13H18O2.C8H7N.C7H7Br.C7H12O4.CN.CH4O3S.2CH4.Cl2OS.2Na.H/c1-5-28-21(26)19(24)17(20(25)22(27)29-6-2)18(23)16(13-12-14(3)4)15-10-8-7-9-11-15;1-4-22-18(21)15-16(19)13-8-6-5-7-12(13)14(17(15)20)10-9-11(2)3;1-10(2)8-9-12(13(14)15)11-6-4-3-5-7-11;1-11(2)8-9-13(10-14)12-6-4-3-5-7-12;1-10(2)8-9-12(13(14)15)11-6-4-3-5-7-11;9-7-6-8-4-2-1-3-5-8;8-6-7-4-2-1-3-5-7;1-3-10-6(8)5-7(9)11-4-2;1-2;1-5(2,3)4;;;1-4(2)3;;;/h7-11,14,16-17H,5-6,12-13H2,1-4H3;5-8,11,19-20H,4,9-10H2,1-3H3;3-7,10,12H,8-9H2,1-2H3;3-7,11,13H,8-9H2,1-2H3;3-7,10,12H,8-9H2,1-2H3,(H,14,15);1-5H,6H2;1-5H,6H2;3-5H2,1-2H3;;1H3,(H,2,3,4);2*1H4;;;;/q;;;;;;;;-1;;;;;2*+1;-1. The van der Waals surface area contributed by atoms with Crippen LogP contribution in [0.1, 0.15) is 257 Å². The van der Waals surface area contributed by atoms with Gasteiger partial charge in [-0.1, -0.05) is 306 Å². The van der Waals surface area contributed by atoms with E-state index in [9.17, 15) is 66.6 Å². The Morgan fingerprint density at radius 3 is 1.08 bits per heavy atom. The van der Waals surface area contributed by atoms with Gasteiger partial charge in [0, 0.05) is 43.6 Å². The van der Waals surface area contributed by atoms with Gasteiger partial charge in [-0.2, -0.15) is 18.9 Å². The van der Waals surface area contributed by atoms with E-state index in [1.54, 1.807) is 63.2 Å². The number of halogens is 4. The third-order valence-electron chi connectivity index (χ3n) is 18.5. The van der Waals surface area contributed by atoms with E-state index in [0.29, 0.717) is 72.1 Å². The smallest absolute Gasteiger partial charge is 1.00 e. The van der Waals surface area contributed by atoms with Gasteiger partial charge in [0.1, 0.15) is 23.5 Å². The largest absolute Gasteiger partial charge is 1.00 e. The number of rotatable bonds is 37. The molecule has 8 aromatic carbocycles. The molecule has 0 aromatic heterocycles. The second-order valence-electron chi connectivity index (χ2n) is 31.4. The average molecular weight is 2090 g/mol. The Morgan fingerprint density at radius 1 is 0.457 bits per heavy atom. The first-order valence-corrected chi connectivity index (χ1v) is 49.9. The Labute approximate surface area is 890 Å². The van der Waals surface area contributed by atoms with Crippen LogP contribution in [0.2, 0.25) is 0 Å². The summed E-state index contributed by atoms with van der Waals surface area (Å²) in [7, 11) is 3.69. The number of benzene rings is 8. The van der Waals surface area contributed by atoms with Crippen LogP contribution in [-0.4, -0.2) is 130 Å². The van der Waals surface area contributed by atoms with Crippen LogP contribution in [0.4, 0.5) is 0 Å². The number of carboxylic acids is 1. The van der Waals surface area contributed by atoms with Gasteiger partial charge in [-0.3, -0.25) is 38.1 Å². The minimum Gasteiger partial charge on any atom is -1.00 e. The molecule has 4 N–H and O–H groups in total. The number of phenolic OH excluding ortho intramolecular Hbond substituents is 2. The SMILES string of the molecule is BrCc1ccccc1.C.C.CC(C)CCC(C#N)c1ccccc1.CC(C)CCC(C(=O)Cl)c1ccccc1.CC(C)CCC(C(=O)O)c1ccccc1.CCOC(=O)C(=O)C(C(=O)C(=O)OCC)C(=O)C(CCC(C)C)c1ccccc1.CCOC(=O)CC(=O)OCC.CCOC(=O)c1c(O)c(CCC(C)C)c2ccccc2c1O.CS(=O)(=O)O.N#CCc1ccccc1.O=S(Cl)Cl.[C-]#N.[H-].[Na+].[Na+]. The zero-order valence-corrected chi connectivity index (χ0v) is 90.9. The maximum Gasteiger partial charge on any atom is 1.00 e. The summed E-state index contributed by atoms with van der Waals surface area (Å²) in [6, 6.07) is 69.6. The van der Waals surface area contributed by atoms with Crippen molar-refractivity contribution >= 4 is 137 Å². The molecule has 0 amide bonds. The zero-order chi connectivity index (χ0) is 102.